The number of nitrogens with one attached hydrogen (secondary N) is 2. The van der Waals surface area contributed by atoms with Gasteiger partial charge in [-0.3, -0.25) is 4.79 Å². The van der Waals surface area contributed by atoms with Crippen LogP contribution in [0.15, 0.2) is 60.7 Å². The van der Waals surface area contributed by atoms with Crippen LogP contribution in [0, 0.1) is 0 Å². The minimum absolute atomic E-state index is 0. The Kier molecular flexibility index (Phi) is 7.45. The van der Waals surface area contributed by atoms with Crippen molar-refractivity contribution in [3.63, 3.8) is 0 Å². The minimum atomic E-state index is -4.79. The van der Waals surface area contributed by atoms with Crippen molar-refractivity contribution < 1.29 is 22.7 Å². The number of halogens is 4. The van der Waals surface area contributed by atoms with E-state index in [-0.39, 0.29) is 30.1 Å². The molecule has 1 heterocycles. The van der Waals surface area contributed by atoms with E-state index in [0.717, 1.165) is 48.5 Å². The third kappa shape index (κ3) is 6.26. The van der Waals surface area contributed by atoms with E-state index >= 15 is 0 Å². The lowest BCUT2D eigenvalue weighted by Gasteiger charge is -2.30. The molecule has 1 aliphatic carbocycles. The predicted molar refractivity (Wildman–Crippen MR) is 119 cm³/mol. The van der Waals surface area contributed by atoms with Crippen molar-refractivity contribution in [1.82, 2.24) is 10.3 Å². The molecule has 0 atom stereocenters. The van der Waals surface area contributed by atoms with Gasteiger partial charge in [0.05, 0.1) is 5.52 Å². The summed E-state index contributed by atoms with van der Waals surface area (Å²) in [7, 11) is 0. The third-order valence-corrected chi connectivity index (χ3v) is 5.34. The highest BCUT2D eigenvalue weighted by atomic mass is 35.5. The molecule has 1 aliphatic rings. The largest absolute Gasteiger partial charge is 0.573 e. The fourth-order valence-electron chi connectivity index (χ4n) is 3.84. The average molecular weight is 466 g/mol. The smallest absolute Gasteiger partial charge is 0.406 e. The van der Waals surface area contributed by atoms with Gasteiger partial charge in [0, 0.05) is 23.0 Å². The maximum atomic E-state index is 12.5. The molecule has 1 fully saturated rings. The first-order chi connectivity index (χ1) is 14.9. The first-order valence-electron chi connectivity index (χ1n) is 10.1. The highest BCUT2D eigenvalue weighted by molar-refractivity contribution is 5.94. The number of ether oxygens (including phenoxy) is 1. The molecule has 4 rings (SSSR count). The van der Waals surface area contributed by atoms with Crippen molar-refractivity contribution in [2.24, 2.45) is 0 Å². The first kappa shape index (κ1) is 23.7. The lowest BCUT2D eigenvalue weighted by Crippen LogP contribution is -2.40. The summed E-state index contributed by atoms with van der Waals surface area (Å²) >= 11 is 0. The molecule has 0 bridgehead atoms. The molecule has 5 nitrogen and oxygen atoms in total. The number of aromatic nitrogens is 1. The Hall–Kier alpha value is -3.00. The van der Waals surface area contributed by atoms with Crippen LogP contribution in [0.3, 0.4) is 0 Å². The van der Waals surface area contributed by atoms with Crippen LogP contribution in [0.5, 0.6) is 5.75 Å². The van der Waals surface area contributed by atoms with Gasteiger partial charge in [-0.2, -0.15) is 0 Å². The Bertz CT molecular complexity index is 1070. The van der Waals surface area contributed by atoms with Gasteiger partial charge < -0.3 is 15.4 Å². The van der Waals surface area contributed by atoms with Crippen LogP contribution in [-0.2, 0) is 0 Å². The van der Waals surface area contributed by atoms with Crippen molar-refractivity contribution in [2.45, 2.75) is 44.1 Å². The van der Waals surface area contributed by atoms with E-state index < -0.39 is 18.0 Å². The normalized spacial score (nSPS) is 18.5. The third-order valence-electron chi connectivity index (χ3n) is 5.34. The van der Waals surface area contributed by atoms with Gasteiger partial charge in [0.25, 0.3) is 5.91 Å². The Morgan fingerprint density at radius 1 is 0.938 bits per heavy atom. The number of hydrogen-bond acceptors (Lipinski definition) is 4. The van der Waals surface area contributed by atoms with Crippen LogP contribution in [0.4, 0.5) is 19.0 Å². The van der Waals surface area contributed by atoms with Crippen LogP contribution in [-0.4, -0.2) is 29.3 Å². The molecule has 1 aromatic heterocycles. The van der Waals surface area contributed by atoms with Gasteiger partial charge in [0.1, 0.15) is 11.6 Å². The number of nitrogens with zero attached hydrogens (tertiary/aromatic N) is 1. The van der Waals surface area contributed by atoms with E-state index in [1.807, 2.05) is 36.4 Å². The highest BCUT2D eigenvalue weighted by Crippen LogP contribution is 2.25. The van der Waals surface area contributed by atoms with Gasteiger partial charge in [-0.05, 0) is 62.1 Å². The number of alkyl halides is 3. The fourth-order valence-corrected chi connectivity index (χ4v) is 3.84. The van der Waals surface area contributed by atoms with Gasteiger partial charge >= 0.3 is 6.36 Å². The molecule has 1 saturated carbocycles. The van der Waals surface area contributed by atoms with E-state index in [2.05, 4.69) is 20.4 Å². The molecule has 0 saturated heterocycles. The molecule has 0 spiro atoms. The van der Waals surface area contributed by atoms with E-state index in [9.17, 15) is 18.0 Å². The molecule has 3 aromatic rings. The van der Waals surface area contributed by atoms with Gasteiger partial charge in [0.2, 0.25) is 0 Å². The number of carbonyl (C=O) groups is 1. The van der Waals surface area contributed by atoms with Crippen molar-refractivity contribution in [1.29, 1.82) is 0 Å². The Morgan fingerprint density at radius 2 is 1.66 bits per heavy atom. The number of fused-ring (bicyclic) bond motifs is 1. The Labute approximate surface area is 189 Å². The molecule has 2 aromatic carbocycles. The van der Waals surface area contributed by atoms with Crippen LogP contribution < -0.4 is 15.4 Å². The summed E-state index contributed by atoms with van der Waals surface area (Å²) in [6.07, 6.45) is -1.53. The zero-order valence-corrected chi connectivity index (χ0v) is 17.9. The molecule has 1 amide bonds. The van der Waals surface area contributed by atoms with Crippen molar-refractivity contribution >= 4 is 35.0 Å². The maximum Gasteiger partial charge on any atom is 0.573 e. The number of para-hydroxylation sites is 1. The minimum Gasteiger partial charge on any atom is -0.406 e. The second-order valence-electron chi connectivity index (χ2n) is 7.63. The standard InChI is InChI=1S/C23H22F3N3O2.ClH/c24-23(25,26)31-19-6-3-5-16(14-19)22(30)28-18-11-9-17(10-12-18)27-21-13-8-15-4-1-2-7-20(15)29-21;/h1-8,13-14,17-18H,9-12H2,(H,27,29)(H,28,30);1H/t17-,18+;. The Morgan fingerprint density at radius 3 is 2.41 bits per heavy atom. The number of anilines is 1. The summed E-state index contributed by atoms with van der Waals surface area (Å²) in [4.78, 5) is 17.1. The molecule has 9 heteroatoms. The predicted octanol–water partition coefficient (Wildman–Crippen LogP) is 5.71. The number of amides is 1. The molecular weight excluding hydrogens is 443 g/mol. The molecule has 32 heavy (non-hydrogen) atoms. The summed E-state index contributed by atoms with van der Waals surface area (Å²) in [6.45, 7) is 0. The summed E-state index contributed by atoms with van der Waals surface area (Å²) in [5, 5.41) is 7.46. The van der Waals surface area contributed by atoms with Crippen LogP contribution in [0.2, 0.25) is 0 Å². The summed E-state index contributed by atoms with van der Waals surface area (Å²) in [5.41, 5.74) is 1.08. The molecular formula is C23H23ClF3N3O2. The van der Waals surface area contributed by atoms with E-state index in [1.165, 1.54) is 18.2 Å². The second-order valence-corrected chi connectivity index (χ2v) is 7.63. The van der Waals surface area contributed by atoms with Crippen LogP contribution in [0.25, 0.3) is 10.9 Å². The molecule has 170 valence electrons. The van der Waals surface area contributed by atoms with Crippen molar-refractivity contribution in [3.05, 3.63) is 66.2 Å². The molecule has 0 unspecified atom stereocenters. The molecule has 0 aliphatic heterocycles. The quantitative estimate of drug-likeness (QED) is 0.506. The summed E-state index contributed by atoms with van der Waals surface area (Å²) in [5.74, 6) is 0.0174. The summed E-state index contributed by atoms with van der Waals surface area (Å²) < 4.78 is 41.0. The monoisotopic (exact) mass is 465 g/mol. The van der Waals surface area contributed by atoms with E-state index in [0.29, 0.717) is 0 Å². The average Bonchev–Trinajstić information content (AvgIpc) is 2.74. The van der Waals surface area contributed by atoms with Gasteiger partial charge in [0.15, 0.2) is 0 Å². The zero-order chi connectivity index (χ0) is 21.8. The van der Waals surface area contributed by atoms with Gasteiger partial charge in [-0.25, -0.2) is 4.98 Å². The number of benzene rings is 2. The lowest BCUT2D eigenvalue weighted by atomic mass is 9.91. The fraction of sp³-hybridized carbons (Fsp3) is 0.304. The first-order valence-corrected chi connectivity index (χ1v) is 10.1. The van der Waals surface area contributed by atoms with Crippen LogP contribution in [0.1, 0.15) is 36.0 Å². The van der Waals surface area contributed by atoms with Crippen molar-refractivity contribution in [3.8, 4) is 5.75 Å². The highest BCUT2D eigenvalue weighted by Gasteiger charge is 2.31. The summed E-state index contributed by atoms with van der Waals surface area (Å²) in [6, 6.07) is 17.3. The van der Waals surface area contributed by atoms with Gasteiger partial charge in [-0.1, -0.05) is 24.3 Å². The van der Waals surface area contributed by atoms with Crippen molar-refractivity contribution in [2.75, 3.05) is 5.32 Å². The Balaban J connectivity index is 0.00000289. The van der Waals surface area contributed by atoms with Gasteiger partial charge in [-0.15, -0.1) is 25.6 Å². The number of carbonyl (C=O) groups excluding carboxylic acids is 1. The van der Waals surface area contributed by atoms with Crippen LogP contribution >= 0.6 is 12.4 Å². The van der Waals surface area contributed by atoms with E-state index in [1.54, 1.807) is 0 Å². The number of rotatable bonds is 5. The maximum absolute atomic E-state index is 12.5. The molecule has 2 N–H and O–H groups in total. The SMILES string of the molecule is Cl.O=C(N[C@H]1CC[C@@H](Nc2ccc3ccccc3n2)CC1)c1cccc(OC(F)(F)F)c1. The lowest BCUT2D eigenvalue weighted by molar-refractivity contribution is -0.274. The number of hydrogen-bond donors (Lipinski definition) is 2. The zero-order valence-electron chi connectivity index (χ0n) is 17.1. The van der Waals surface area contributed by atoms with E-state index in [4.69, 9.17) is 0 Å². The topological polar surface area (TPSA) is 63.2 Å². The second kappa shape index (κ2) is 10.1. The number of pyridine rings is 1. The molecule has 0 radical (unpaired) electrons.